The lowest BCUT2D eigenvalue weighted by atomic mass is 10.1. The zero-order valence-electron chi connectivity index (χ0n) is 12.0. The Kier molecular flexibility index (Phi) is 4.85. The zero-order chi connectivity index (χ0) is 16.1. The van der Waals surface area contributed by atoms with Crippen LogP contribution in [-0.4, -0.2) is 18.4 Å². The molecule has 5 nitrogen and oxygen atoms in total. The Morgan fingerprint density at radius 3 is 2.36 bits per heavy atom. The van der Waals surface area contributed by atoms with Crippen LogP contribution in [0.2, 0.25) is 0 Å². The molecule has 22 heavy (non-hydrogen) atoms. The molecule has 0 aliphatic heterocycles. The number of aryl methyl sites for hydroxylation is 1. The number of halogens is 1. The van der Waals surface area contributed by atoms with Gasteiger partial charge in [0.1, 0.15) is 5.82 Å². The molecule has 2 rings (SSSR count). The van der Waals surface area contributed by atoms with E-state index in [1.807, 2.05) is 19.1 Å². The minimum Gasteiger partial charge on any atom is -0.323 e. The number of nitrogens with two attached hydrogens (primary N) is 1. The van der Waals surface area contributed by atoms with E-state index >= 15 is 0 Å². The molecule has 0 aromatic heterocycles. The lowest BCUT2D eigenvalue weighted by Gasteiger charge is -2.12. The average molecular weight is 301 g/mol. The van der Waals surface area contributed by atoms with Crippen molar-refractivity contribution >= 4 is 23.2 Å². The maximum Gasteiger partial charge on any atom is 0.255 e. The van der Waals surface area contributed by atoms with Crippen LogP contribution in [0.15, 0.2) is 42.5 Å². The number of nitrogens with one attached hydrogen (secondary N) is 2. The molecule has 0 saturated carbocycles. The van der Waals surface area contributed by atoms with Gasteiger partial charge in [0.05, 0.1) is 17.9 Å². The van der Waals surface area contributed by atoms with Crippen LogP contribution in [-0.2, 0) is 4.79 Å². The lowest BCUT2D eigenvalue weighted by molar-refractivity contribution is -0.114. The van der Waals surface area contributed by atoms with E-state index in [0.717, 1.165) is 11.6 Å². The lowest BCUT2D eigenvalue weighted by Crippen LogP contribution is -2.23. The van der Waals surface area contributed by atoms with E-state index in [1.165, 1.54) is 12.1 Å². The van der Waals surface area contributed by atoms with Crippen molar-refractivity contribution in [3.05, 3.63) is 59.4 Å². The quantitative estimate of drug-likeness (QED) is 0.810. The zero-order valence-corrected chi connectivity index (χ0v) is 12.0. The highest BCUT2D eigenvalue weighted by atomic mass is 19.1. The van der Waals surface area contributed by atoms with Crippen LogP contribution in [0.25, 0.3) is 0 Å². The Balaban J connectivity index is 2.23. The predicted molar refractivity (Wildman–Crippen MR) is 83.2 cm³/mol. The topological polar surface area (TPSA) is 84.2 Å². The summed E-state index contributed by atoms with van der Waals surface area (Å²) >= 11 is 0. The molecule has 2 aromatic rings. The molecule has 0 bridgehead atoms. The molecular weight excluding hydrogens is 285 g/mol. The van der Waals surface area contributed by atoms with Crippen molar-refractivity contribution in [1.29, 1.82) is 0 Å². The van der Waals surface area contributed by atoms with Gasteiger partial charge in [-0.05, 0) is 37.3 Å². The summed E-state index contributed by atoms with van der Waals surface area (Å²) in [7, 11) is 0. The number of benzene rings is 2. The highest BCUT2D eigenvalue weighted by Gasteiger charge is 2.11. The second-order valence-corrected chi connectivity index (χ2v) is 4.76. The molecule has 0 atom stereocenters. The highest BCUT2D eigenvalue weighted by molar-refractivity contribution is 6.07. The smallest absolute Gasteiger partial charge is 0.255 e. The standard InChI is InChI=1S/C16H16FN3O2/c1-10-2-4-11(5-3-10)16(22)20-13-7-6-12(17)8-14(13)19-15(21)9-18/h2-8H,9,18H2,1H3,(H,19,21)(H,20,22). The van der Waals surface area contributed by atoms with Crippen LogP contribution in [0, 0.1) is 12.7 Å². The Labute approximate surface area is 127 Å². The van der Waals surface area contributed by atoms with Crippen molar-refractivity contribution in [2.24, 2.45) is 5.73 Å². The van der Waals surface area contributed by atoms with Gasteiger partial charge in [-0.3, -0.25) is 9.59 Å². The molecule has 114 valence electrons. The fourth-order valence-electron chi connectivity index (χ4n) is 1.83. The Bertz CT molecular complexity index is 699. The van der Waals surface area contributed by atoms with Crippen molar-refractivity contribution < 1.29 is 14.0 Å². The number of hydrogen-bond acceptors (Lipinski definition) is 3. The fraction of sp³-hybridized carbons (Fsp3) is 0.125. The van der Waals surface area contributed by atoms with Gasteiger partial charge in [-0.25, -0.2) is 4.39 Å². The first-order valence-electron chi connectivity index (χ1n) is 6.67. The van der Waals surface area contributed by atoms with Crippen molar-refractivity contribution in [1.82, 2.24) is 0 Å². The largest absolute Gasteiger partial charge is 0.323 e. The van der Waals surface area contributed by atoms with Gasteiger partial charge >= 0.3 is 0 Å². The first-order valence-corrected chi connectivity index (χ1v) is 6.67. The van der Waals surface area contributed by atoms with Crippen LogP contribution in [0.3, 0.4) is 0 Å². The highest BCUT2D eigenvalue weighted by Crippen LogP contribution is 2.23. The van der Waals surface area contributed by atoms with Gasteiger partial charge < -0.3 is 16.4 Å². The molecule has 0 heterocycles. The SMILES string of the molecule is Cc1ccc(C(=O)Nc2ccc(F)cc2NC(=O)CN)cc1. The number of hydrogen-bond donors (Lipinski definition) is 3. The van der Waals surface area contributed by atoms with E-state index in [2.05, 4.69) is 10.6 Å². The van der Waals surface area contributed by atoms with Gasteiger partial charge in [-0.15, -0.1) is 0 Å². The van der Waals surface area contributed by atoms with Crippen molar-refractivity contribution in [2.45, 2.75) is 6.92 Å². The summed E-state index contributed by atoms with van der Waals surface area (Å²) in [6, 6.07) is 10.7. The Hall–Kier alpha value is -2.73. The van der Waals surface area contributed by atoms with E-state index in [1.54, 1.807) is 12.1 Å². The minimum absolute atomic E-state index is 0.163. The summed E-state index contributed by atoms with van der Waals surface area (Å²) in [4.78, 5) is 23.5. The van der Waals surface area contributed by atoms with Gasteiger partial charge in [0.15, 0.2) is 0 Å². The third-order valence-corrected chi connectivity index (χ3v) is 3.00. The molecule has 0 aliphatic rings. The summed E-state index contributed by atoms with van der Waals surface area (Å²) in [6.07, 6.45) is 0. The molecule has 4 N–H and O–H groups in total. The molecule has 0 fully saturated rings. The number of anilines is 2. The summed E-state index contributed by atoms with van der Waals surface area (Å²) in [5, 5.41) is 5.09. The summed E-state index contributed by atoms with van der Waals surface area (Å²) < 4.78 is 13.3. The van der Waals surface area contributed by atoms with Crippen LogP contribution in [0.1, 0.15) is 15.9 Å². The number of carbonyl (C=O) groups is 2. The van der Waals surface area contributed by atoms with Gasteiger partial charge in [-0.2, -0.15) is 0 Å². The first-order chi connectivity index (χ1) is 10.5. The minimum atomic E-state index is -0.527. The normalized spacial score (nSPS) is 10.1. The van der Waals surface area contributed by atoms with Crippen LogP contribution < -0.4 is 16.4 Å². The van der Waals surface area contributed by atoms with E-state index in [-0.39, 0.29) is 18.1 Å². The molecule has 0 spiro atoms. The van der Waals surface area contributed by atoms with E-state index < -0.39 is 11.7 Å². The molecule has 0 unspecified atom stereocenters. The van der Waals surface area contributed by atoms with E-state index in [0.29, 0.717) is 11.3 Å². The Morgan fingerprint density at radius 2 is 1.73 bits per heavy atom. The van der Waals surface area contributed by atoms with Crippen molar-refractivity contribution in [3.63, 3.8) is 0 Å². The maximum absolute atomic E-state index is 13.3. The van der Waals surface area contributed by atoms with Crippen LogP contribution in [0.4, 0.5) is 15.8 Å². The first kappa shape index (κ1) is 15.7. The molecule has 0 saturated heterocycles. The van der Waals surface area contributed by atoms with Crippen LogP contribution >= 0.6 is 0 Å². The van der Waals surface area contributed by atoms with Gasteiger partial charge in [0.2, 0.25) is 5.91 Å². The number of rotatable bonds is 4. The molecule has 2 amide bonds. The maximum atomic E-state index is 13.3. The van der Waals surface area contributed by atoms with E-state index in [9.17, 15) is 14.0 Å². The fourth-order valence-corrected chi connectivity index (χ4v) is 1.83. The average Bonchev–Trinajstić information content (AvgIpc) is 2.50. The number of carbonyl (C=O) groups excluding carboxylic acids is 2. The second-order valence-electron chi connectivity index (χ2n) is 4.76. The molecule has 2 aromatic carbocycles. The van der Waals surface area contributed by atoms with Crippen LogP contribution in [0.5, 0.6) is 0 Å². The van der Waals surface area contributed by atoms with Gasteiger partial charge in [0.25, 0.3) is 5.91 Å². The third kappa shape index (κ3) is 3.89. The second kappa shape index (κ2) is 6.82. The number of amides is 2. The van der Waals surface area contributed by atoms with Gasteiger partial charge in [0, 0.05) is 5.56 Å². The Morgan fingerprint density at radius 1 is 1.05 bits per heavy atom. The van der Waals surface area contributed by atoms with E-state index in [4.69, 9.17) is 5.73 Å². The molecular formula is C16H16FN3O2. The van der Waals surface area contributed by atoms with Crippen molar-refractivity contribution in [3.8, 4) is 0 Å². The summed E-state index contributed by atoms with van der Waals surface area (Å²) in [6.45, 7) is 1.68. The van der Waals surface area contributed by atoms with Gasteiger partial charge in [-0.1, -0.05) is 17.7 Å². The molecule has 0 aliphatic carbocycles. The predicted octanol–water partition coefficient (Wildman–Crippen LogP) is 2.28. The summed E-state index contributed by atoms with van der Waals surface area (Å²) in [5.41, 5.74) is 7.18. The molecule has 6 heteroatoms. The third-order valence-electron chi connectivity index (χ3n) is 3.00. The summed E-state index contributed by atoms with van der Waals surface area (Å²) in [5.74, 6) is -1.35. The van der Waals surface area contributed by atoms with Crippen molar-refractivity contribution in [2.75, 3.05) is 17.2 Å². The monoisotopic (exact) mass is 301 g/mol. The molecule has 0 radical (unpaired) electrons.